The van der Waals surface area contributed by atoms with Crippen LogP contribution in [0.2, 0.25) is 0 Å². The van der Waals surface area contributed by atoms with Crippen LogP contribution >= 0.6 is 0 Å². The van der Waals surface area contributed by atoms with Crippen molar-refractivity contribution in [2.24, 2.45) is 0 Å². The first-order valence-corrected chi connectivity index (χ1v) is 6.12. The molecule has 1 saturated heterocycles. The molecule has 94 valence electrons. The summed E-state index contributed by atoms with van der Waals surface area (Å²) in [7, 11) is 0. The molecule has 1 aromatic heterocycles. The number of rotatable bonds is 3. The first kappa shape index (κ1) is 12.5. The van der Waals surface area contributed by atoms with Crippen molar-refractivity contribution in [3.63, 3.8) is 0 Å². The van der Waals surface area contributed by atoms with Crippen LogP contribution in [0.5, 0.6) is 0 Å². The van der Waals surface area contributed by atoms with Crippen molar-refractivity contribution in [1.82, 2.24) is 15.2 Å². The summed E-state index contributed by atoms with van der Waals surface area (Å²) in [6.07, 6.45) is 2.38. The van der Waals surface area contributed by atoms with E-state index in [4.69, 9.17) is 5.26 Å². The van der Waals surface area contributed by atoms with Gasteiger partial charge in [0, 0.05) is 31.4 Å². The van der Waals surface area contributed by atoms with Gasteiger partial charge in [0.25, 0.3) is 0 Å². The van der Waals surface area contributed by atoms with Crippen molar-refractivity contribution in [1.29, 1.82) is 5.26 Å². The van der Waals surface area contributed by atoms with Gasteiger partial charge in [-0.3, -0.25) is 4.79 Å². The summed E-state index contributed by atoms with van der Waals surface area (Å²) in [5.41, 5.74) is 1.21. The number of hydrogen-bond donors (Lipinski definition) is 1. The second kappa shape index (κ2) is 5.61. The van der Waals surface area contributed by atoms with Gasteiger partial charge in [-0.25, -0.2) is 4.98 Å². The Balaban J connectivity index is 2.14. The summed E-state index contributed by atoms with van der Waals surface area (Å²) < 4.78 is 0. The number of amides is 1. The van der Waals surface area contributed by atoms with Crippen LogP contribution < -0.4 is 5.32 Å². The molecule has 0 saturated carbocycles. The Hall–Kier alpha value is -1.93. The molecule has 0 aromatic carbocycles. The van der Waals surface area contributed by atoms with E-state index in [9.17, 15) is 4.79 Å². The molecule has 1 unspecified atom stereocenters. The Morgan fingerprint density at radius 3 is 3.22 bits per heavy atom. The van der Waals surface area contributed by atoms with Gasteiger partial charge in [-0.1, -0.05) is 13.0 Å². The summed E-state index contributed by atoms with van der Waals surface area (Å²) in [5.74, 6) is 0.108. The zero-order valence-corrected chi connectivity index (χ0v) is 10.4. The first-order chi connectivity index (χ1) is 8.76. The van der Waals surface area contributed by atoms with E-state index >= 15 is 0 Å². The minimum Gasteiger partial charge on any atom is -0.336 e. The van der Waals surface area contributed by atoms with E-state index in [1.165, 1.54) is 0 Å². The van der Waals surface area contributed by atoms with Crippen LogP contribution in [0.1, 0.15) is 24.6 Å². The molecule has 5 heteroatoms. The van der Waals surface area contributed by atoms with Crippen LogP contribution in [0.3, 0.4) is 0 Å². The Bertz CT molecular complexity index is 480. The zero-order chi connectivity index (χ0) is 13.0. The standard InChI is InChI=1S/C13H16N4O/c1-2-11-13(18)17(7-6-16-11)9-10-4-3-5-15-12(10)8-14/h3-5,11,16H,2,6-7,9H2,1H3. The lowest BCUT2D eigenvalue weighted by Crippen LogP contribution is -2.54. The Labute approximate surface area is 106 Å². The maximum absolute atomic E-state index is 12.1. The van der Waals surface area contributed by atoms with E-state index in [1.807, 2.05) is 13.0 Å². The first-order valence-electron chi connectivity index (χ1n) is 6.12. The maximum atomic E-state index is 12.1. The molecule has 1 aliphatic rings. The number of pyridine rings is 1. The molecule has 1 aromatic rings. The smallest absolute Gasteiger partial charge is 0.240 e. The molecule has 0 spiro atoms. The summed E-state index contributed by atoms with van der Waals surface area (Å²) in [6, 6.07) is 5.60. The number of carbonyl (C=O) groups excluding carboxylic acids is 1. The van der Waals surface area contributed by atoms with E-state index in [-0.39, 0.29) is 11.9 Å². The monoisotopic (exact) mass is 244 g/mol. The predicted molar refractivity (Wildman–Crippen MR) is 66.5 cm³/mol. The third-order valence-electron chi connectivity index (χ3n) is 3.15. The van der Waals surface area contributed by atoms with Crippen LogP contribution in [0.4, 0.5) is 0 Å². The molecule has 1 amide bonds. The van der Waals surface area contributed by atoms with Crippen molar-refractivity contribution < 1.29 is 4.79 Å². The second-order valence-electron chi connectivity index (χ2n) is 4.30. The van der Waals surface area contributed by atoms with Crippen LogP contribution in [0.15, 0.2) is 18.3 Å². The van der Waals surface area contributed by atoms with E-state index in [1.54, 1.807) is 17.2 Å². The fourth-order valence-electron chi connectivity index (χ4n) is 2.14. The molecule has 1 atom stereocenters. The van der Waals surface area contributed by atoms with Gasteiger partial charge in [-0.15, -0.1) is 0 Å². The van der Waals surface area contributed by atoms with E-state index < -0.39 is 0 Å². The van der Waals surface area contributed by atoms with Gasteiger partial charge in [-0.2, -0.15) is 5.26 Å². The summed E-state index contributed by atoms with van der Waals surface area (Å²) in [4.78, 5) is 17.9. The van der Waals surface area contributed by atoms with Crippen LogP contribution in [-0.4, -0.2) is 34.9 Å². The van der Waals surface area contributed by atoms with Crippen molar-refractivity contribution >= 4 is 5.91 Å². The quantitative estimate of drug-likeness (QED) is 0.848. The summed E-state index contributed by atoms with van der Waals surface area (Å²) in [5, 5.41) is 12.2. The Morgan fingerprint density at radius 2 is 2.50 bits per heavy atom. The SMILES string of the molecule is CCC1NCCN(Cc2cccnc2C#N)C1=O. The molecule has 2 heterocycles. The molecule has 0 bridgehead atoms. The highest BCUT2D eigenvalue weighted by molar-refractivity contribution is 5.82. The third-order valence-corrected chi connectivity index (χ3v) is 3.15. The topological polar surface area (TPSA) is 69.0 Å². The van der Waals surface area contributed by atoms with Crippen LogP contribution in [-0.2, 0) is 11.3 Å². The van der Waals surface area contributed by atoms with Gasteiger partial charge in [0.1, 0.15) is 11.8 Å². The fourth-order valence-corrected chi connectivity index (χ4v) is 2.14. The molecule has 2 rings (SSSR count). The maximum Gasteiger partial charge on any atom is 0.240 e. The highest BCUT2D eigenvalue weighted by atomic mass is 16.2. The van der Waals surface area contributed by atoms with Crippen molar-refractivity contribution in [2.75, 3.05) is 13.1 Å². The fraction of sp³-hybridized carbons (Fsp3) is 0.462. The van der Waals surface area contributed by atoms with Gasteiger partial charge in [0.05, 0.1) is 6.04 Å². The second-order valence-corrected chi connectivity index (χ2v) is 4.30. The molecule has 1 N–H and O–H groups in total. The molecule has 5 nitrogen and oxygen atoms in total. The molecule has 0 radical (unpaired) electrons. The van der Waals surface area contributed by atoms with Crippen molar-refractivity contribution in [3.05, 3.63) is 29.6 Å². The zero-order valence-electron chi connectivity index (χ0n) is 10.4. The number of piperazine rings is 1. The largest absolute Gasteiger partial charge is 0.336 e. The normalized spacial score (nSPS) is 19.7. The van der Waals surface area contributed by atoms with Gasteiger partial charge < -0.3 is 10.2 Å². The average Bonchev–Trinajstić information content (AvgIpc) is 2.42. The van der Waals surface area contributed by atoms with Crippen LogP contribution in [0.25, 0.3) is 0 Å². The van der Waals surface area contributed by atoms with Gasteiger partial charge in [-0.05, 0) is 12.5 Å². The Morgan fingerprint density at radius 1 is 1.67 bits per heavy atom. The summed E-state index contributed by atoms with van der Waals surface area (Å²) >= 11 is 0. The minimum absolute atomic E-state index is 0.0963. The molecule has 1 fully saturated rings. The lowest BCUT2D eigenvalue weighted by molar-refractivity contribution is -0.136. The number of aromatic nitrogens is 1. The summed E-state index contributed by atoms with van der Waals surface area (Å²) in [6.45, 7) is 3.93. The number of hydrogen-bond acceptors (Lipinski definition) is 4. The Kier molecular flexibility index (Phi) is 3.90. The molecular formula is C13H16N4O. The highest BCUT2D eigenvalue weighted by Crippen LogP contribution is 2.12. The van der Waals surface area contributed by atoms with Gasteiger partial charge in [0.15, 0.2) is 0 Å². The predicted octanol–water partition coefficient (Wildman–Crippen LogP) is 0.664. The third kappa shape index (κ3) is 2.49. The van der Waals surface area contributed by atoms with E-state index in [2.05, 4.69) is 16.4 Å². The number of carbonyl (C=O) groups is 1. The van der Waals surface area contributed by atoms with Crippen LogP contribution in [0, 0.1) is 11.3 Å². The minimum atomic E-state index is -0.0963. The number of nitriles is 1. The van der Waals surface area contributed by atoms with Crippen molar-refractivity contribution in [2.45, 2.75) is 25.9 Å². The number of nitrogens with one attached hydrogen (secondary N) is 1. The molecule has 1 aliphatic heterocycles. The molecule has 0 aliphatic carbocycles. The lowest BCUT2D eigenvalue weighted by Gasteiger charge is -2.32. The lowest BCUT2D eigenvalue weighted by atomic mass is 10.1. The molecular weight excluding hydrogens is 228 g/mol. The van der Waals surface area contributed by atoms with E-state index in [0.29, 0.717) is 18.8 Å². The molecule has 18 heavy (non-hydrogen) atoms. The average molecular weight is 244 g/mol. The van der Waals surface area contributed by atoms with Gasteiger partial charge in [0.2, 0.25) is 5.91 Å². The van der Waals surface area contributed by atoms with Crippen molar-refractivity contribution in [3.8, 4) is 6.07 Å². The van der Waals surface area contributed by atoms with E-state index in [0.717, 1.165) is 18.5 Å². The van der Waals surface area contributed by atoms with Gasteiger partial charge >= 0.3 is 0 Å². The highest BCUT2D eigenvalue weighted by Gasteiger charge is 2.27. The number of nitrogens with zero attached hydrogens (tertiary/aromatic N) is 3.